The van der Waals surface area contributed by atoms with E-state index in [2.05, 4.69) is 10.4 Å². The monoisotopic (exact) mass is 342 g/mol. The van der Waals surface area contributed by atoms with Gasteiger partial charge in [-0.1, -0.05) is 30.3 Å². The van der Waals surface area contributed by atoms with Crippen LogP contribution in [0.25, 0.3) is 11.3 Å². The number of aromatic nitrogens is 2. The number of likely N-dealkylation sites (tertiary alicyclic amines) is 1. The zero-order chi connectivity index (χ0) is 18.0. The van der Waals surface area contributed by atoms with E-state index >= 15 is 0 Å². The second-order valence-corrected chi connectivity index (χ2v) is 6.74. The van der Waals surface area contributed by atoms with Crippen LogP contribution in [0.5, 0.6) is 0 Å². The highest BCUT2D eigenvalue weighted by atomic mass is 16.4. The van der Waals surface area contributed by atoms with Gasteiger partial charge in [-0.15, -0.1) is 0 Å². The maximum absolute atomic E-state index is 12.4. The highest BCUT2D eigenvalue weighted by Crippen LogP contribution is 2.30. The fraction of sp³-hybridized carbons (Fsp3) is 0.389. The van der Waals surface area contributed by atoms with Crippen molar-refractivity contribution in [1.29, 1.82) is 0 Å². The van der Waals surface area contributed by atoms with Gasteiger partial charge in [0.1, 0.15) is 0 Å². The van der Waals surface area contributed by atoms with E-state index in [1.54, 1.807) is 16.5 Å². The van der Waals surface area contributed by atoms with Crippen LogP contribution in [0.2, 0.25) is 0 Å². The molecule has 1 fully saturated rings. The smallest absolute Gasteiger partial charge is 0.317 e. The number of hydrogen-bond donors (Lipinski definition) is 2. The molecule has 1 aromatic heterocycles. The molecule has 1 aliphatic rings. The third-order valence-electron chi connectivity index (χ3n) is 4.66. The molecule has 3 rings (SSSR count). The fourth-order valence-corrected chi connectivity index (χ4v) is 3.10. The zero-order valence-electron chi connectivity index (χ0n) is 14.4. The van der Waals surface area contributed by atoms with Crippen molar-refractivity contribution in [2.45, 2.75) is 19.9 Å². The average Bonchev–Trinajstić information content (AvgIpc) is 3.17. The Balaban J connectivity index is 1.67. The lowest BCUT2D eigenvalue weighted by Crippen LogP contribution is -2.40. The second-order valence-electron chi connectivity index (χ2n) is 6.74. The molecule has 1 saturated heterocycles. The average molecular weight is 342 g/mol. The van der Waals surface area contributed by atoms with Gasteiger partial charge in [0.25, 0.3) is 0 Å². The summed E-state index contributed by atoms with van der Waals surface area (Å²) in [6.07, 6.45) is 2.35. The van der Waals surface area contributed by atoms with Crippen LogP contribution >= 0.6 is 0 Å². The van der Waals surface area contributed by atoms with Gasteiger partial charge < -0.3 is 15.3 Å². The van der Waals surface area contributed by atoms with E-state index in [1.807, 2.05) is 43.6 Å². The number of carboxylic acids is 1. The summed E-state index contributed by atoms with van der Waals surface area (Å²) in [4.78, 5) is 25.2. The van der Waals surface area contributed by atoms with Crippen molar-refractivity contribution in [2.24, 2.45) is 12.5 Å². The number of aryl methyl sites for hydroxylation is 1. The third-order valence-corrected chi connectivity index (χ3v) is 4.66. The molecular formula is C18H22N4O3. The normalized spacial score (nSPS) is 19.8. The molecule has 0 saturated carbocycles. The van der Waals surface area contributed by atoms with Crippen molar-refractivity contribution in [3.8, 4) is 11.3 Å². The summed E-state index contributed by atoms with van der Waals surface area (Å²) < 4.78 is 1.72. The van der Waals surface area contributed by atoms with Gasteiger partial charge in [-0.05, 0) is 13.3 Å². The number of benzene rings is 1. The molecule has 25 heavy (non-hydrogen) atoms. The summed E-state index contributed by atoms with van der Waals surface area (Å²) >= 11 is 0. The van der Waals surface area contributed by atoms with Crippen LogP contribution in [0.4, 0.5) is 4.79 Å². The van der Waals surface area contributed by atoms with E-state index in [0.717, 1.165) is 16.8 Å². The summed E-state index contributed by atoms with van der Waals surface area (Å²) in [6.45, 7) is 2.70. The lowest BCUT2D eigenvalue weighted by molar-refractivity contribution is -0.147. The number of urea groups is 1. The van der Waals surface area contributed by atoms with Crippen molar-refractivity contribution in [2.75, 3.05) is 13.1 Å². The quantitative estimate of drug-likeness (QED) is 0.891. The first-order valence-electron chi connectivity index (χ1n) is 8.23. The van der Waals surface area contributed by atoms with Gasteiger partial charge in [-0.25, -0.2) is 4.79 Å². The number of hydrogen-bond acceptors (Lipinski definition) is 3. The van der Waals surface area contributed by atoms with Crippen molar-refractivity contribution < 1.29 is 14.7 Å². The predicted octanol–water partition coefficient (Wildman–Crippen LogP) is 2.09. The van der Waals surface area contributed by atoms with E-state index in [4.69, 9.17) is 0 Å². The topological polar surface area (TPSA) is 87.5 Å². The molecule has 1 aromatic carbocycles. The van der Waals surface area contributed by atoms with E-state index in [9.17, 15) is 14.7 Å². The number of nitrogens with zero attached hydrogens (tertiary/aromatic N) is 3. The van der Waals surface area contributed by atoms with Gasteiger partial charge in [0.05, 0.1) is 11.1 Å². The molecule has 2 amide bonds. The molecule has 0 spiro atoms. The summed E-state index contributed by atoms with van der Waals surface area (Å²) in [5, 5.41) is 16.6. The number of carbonyl (C=O) groups excluding carboxylic acids is 1. The van der Waals surface area contributed by atoms with Gasteiger partial charge in [-0.2, -0.15) is 5.10 Å². The van der Waals surface area contributed by atoms with Crippen LogP contribution < -0.4 is 5.32 Å². The van der Waals surface area contributed by atoms with Gasteiger partial charge in [0.15, 0.2) is 0 Å². The second kappa shape index (κ2) is 6.58. The molecule has 0 bridgehead atoms. The van der Waals surface area contributed by atoms with Crippen molar-refractivity contribution in [3.05, 3.63) is 42.1 Å². The fourth-order valence-electron chi connectivity index (χ4n) is 3.10. The summed E-state index contributed by atoms with van der Waals surface area (Å²) in [5.74, 6) is -0.860. The largest absolute Gasteiger partial charge is 0.481 e. The molecular weight excluding hydrogens is 320 g/mol. The van der Waals surface area contributed by atoms with Gasteiger partial charge in [0.2, 0.25) is 0 Å². The Morgan fingerprint density at radius 2 is 2.04 bits per heavy atom. The molecule has 0 aliphatic carbocycles. The Bertz CT molecular complexity index is 787. The molecule has 132 valence electrons. The molecule has 1 aliphatic heterocycles. The number of carbonyl (C=O) groups is 2. The van der Waals surface area contributed by atoms with Crippen LogP contribution in [0, 0.1) is 5.41 Å². The number of rotatable bonds is 4. The molecule has 1 unspecified atom stereocenters. The molecule has 7 heteroatoms. The Hall–Kier alpha value is -2.83. The molecule has 7 nitrogen and oxygen atoms in total. The van der Waals surface area contributed by atoms with Crippen LogP contribution in [0.1, 0.15) is 18.9 Å². The van der Waals surface area contributed by atoms with Gasteiger partial charge >= 0.3 is 12.0 Å². The van der Waals surface area contributed by atoms with Crippen LogP contribution in [-0.4, -0.2) is 44.9 Å². The lowest BCUT2D eigenvalue weighted by Gasteiger charge is -2.20. The highest BCUT2D eigenvalue weighted by Gasteiger charge is 2.42. The summed E-state index contributed by atoms with van der Waals surface area (Å²) in [6, 6.07) is 9.56. The Kier molecular flexibility index (Phi) is 4.48. The van der Waals surface area contributed by atoms with E-state index in [0.29, 0.717) is 19.5 Å². The Morgan fingerprint density at radius 1 is 1.32 bits per heavy atom. The first kappa shape index (κ1) is 17.0. The SMILES string of the molecule is Cn1cc(CNC(=O)N2CCC(C)(C(=O)O)C2)c(-c2ccccc2)n1. The molecule has 0 radical (unpaired) electrons. The van der Waals surface area contributed by atoms with Crippen LogP contribution in [-0.2, 0) is 18.4 Å². The number of nitrogens with one attached hydrogen (secondary N) is 1. The van der Waals surface area contributed by atoms with E-state index < -0.39 is 11.4 Å². The number of amides is 2. The summed E-state index contributed by atoms with van der Waals surface area (Å²) in [5.41, 5.74) is 1.88. The molecule has 2 N–H and O–H groups in total. The Labute approximate surface area is 146 Å². The summed E-state index contributed by atoms with van der Waals surface area (Å²) in [7, 11) is 1.84. The minimum Gasteiger partial charge on any atom is -0.481 e. The van der Waals surface area contributed by atoms with Gasteiger partial charge in [0, 0.05) is 44.0 Å². The highest BCUT2D eigenvalue weighted by molar-refractivity contribution is 5.79. The van der Waals surface area contributed by atoms with Gasteiger partial charge in [-0.3, -0.25) is 9.48 Å². The first-order valence-corrected chi connectivity index (χ1v) is 8.23. The van der Waals surface area contributed by atoms with E-state index in [1.165, 1.54) is 0 Å². The first-order chi connectivity index (χ1) is 11.9. The lowest BCUT2D eigenvalue weighted by atomic mass is 9.90. The molecule has 2 aromatic rings. The predicted molar refractivity (Wildman–Crippen MR) is 92.8 cm³/mol. The minimum atomic E-state index is -0.860. The minimum absolute atomic E-state index is 0.229. The maximum atomic E-state index is 12.4. The van der Waals surface area contributed by atoms with E-state index in [-0.39, 0.29) is 12.6 Å². The van der Waals surface area contributed by atoms with Crippen molar-refractivity contribution in [3.63, 3.8) is 0 Å². The maximum Gasteiger partial charge on any atom is 0.317 e. The third kappa shape index (κ3) is 3.50. The molecule has 1 atom stereocenters. The molecule has 2 heterocycles. The van der Waals surface area contributed by atoms with Crippen molar-refractivity contribution >= 4 is 12.0 Å². The van der Waals surface area contributed by atoms with Crippen LogP contribution in [0.3, 0.4) is 0 Å². The zero-order valence-corrected chi connectivity index (χ0v) is 14.4. The van der Waals surface area contributed by atoms with Crippen molar-refractivity contribution in [1.82, 2.24) is 20.0 Å². The number of aliphatic carboxylic acids is 1. The standard InChI is InChI=1S/C18H22N4O3/c1-18(16(23)24)8-9-22(12-18)17(25)19-10-14-11-21(2)20-15(14)13-6-4-3-5-7-13/h3-7,11H,8-10,12H2,1-2H3,(H,19,25)(H,23,24). The van der Waals surface area contributed by atoms with Crippen LogP contribution in [0.15, 0.2) is 36.5 Å². The number of carboxylic acid groups (broad SMARTS) is 1. The Morgan fingerprint density at radius 3 is 2.68 bits per heavy atom.